The highest BCUT2D eigenvalue weighted by Crippen LogP contribution is 2.19. The van der Waals surface area contributed by atoms with Crippen LogP contribution in [0.15, 0.2) is 23.4 Å². The van der Waals surface area contributed by atoms with E-state index in [0.717, 1.165) is 11.1 Å². The molecule has 0 spiro atoms. The van der Waals surface area contributed by atoms with Crippen LogP contribution in [0.4, 0.5) is 10.5 Å². The first-order valence-corrected chi connectivity index (χ1v) is 4.26. The van der Waals surface area contributed by atoms with Gasteiger partial charge in [0.2, 0.25) is 0 Å². The number of benzene rings is 1. The zero-order valence-corrected chi connectivity index (χ0v) is 7.41. The Morgan fingerprint density at radius 3 is 2.57 bits per heavy atom. The molecule has 2 N–H and O–H groups in total. The van der Waals surface area contributed by atoms with Crippen molar-refractivity contribution in [2.24, 2.45) is 5.18 Å². The maximum atomic E-state index is 11.0. The predicted octanol–water partition coefficient (Wildman–Crippen LogP) is 1.40. The second kappa shape index (κ2) is 3.45. The van der Waals surface area contributed by atoms with Crippen LogP contribution in [0, 0.1) is 4.91 Å². The standard InChI is InChI=1S/C9H9N3O2/c13-9-10-4-6-1-2-8(12-14)3-7(6)5-11-9/h1-3H,4-5H2,(H2,10,11,13). The average Bonchev–Trinajstić information content (AvgIpc) is 2.40. The Bertz CT molecular complexity index is 390. The van der Waals surface area contributed by atoms with E-state index in [-0.39, 0.29) is 6.03 Å². The minimum absolute atomic E-state index is 0.193. The van der Waals surface area contributed by atoms with Gasteiger partial charge in [-0.3, -0.25) is 0 Å². The van der Waals surface area contributed by atoms with Gasteiger partial charge in [-0.05, 0) is 28.4 Å². The highest BCUT2D eigenvalue weighted by atomic mass is 16.3. The van der Waals surface area contributed by atoms with E-state index < -0.39 is 0 Å². The molecular weight excluding hydrogens is 182 g/mol. The van der Waals surface area contributed by atoms with Crippen LogP contribution in [-0.4, -0.2) is 6.03 Å². The number of urea groups is 1. The Morgan fingerprint density at radius 2 is 1.86 bits per heavy atom. The van der Waals surface area contributed by atoms with Crippen molar-refractivity contribution in [2.45, 2.75) is 13.1 Å². The second-order valence-electron chi connectivity index (χ2n) is 3.08. The summed E-state index contributed by atoms with van der Waals surface area (Å²) >= 11 is 0. The summed E-state index contributed by atoms with van der Waals surface area (Å²) in [6, 6.07) is 4.94. The molecule has 0 fully saturated rings. The van der Waals surface area contributed by atoms with Crippen molar-refractivity contribution >= 4 is 11.7 Å². The Kier molecular flexibility index (Phi) is 2.14. The lowest BCUT2D eigenvalue weighted by Crippen LogP contribution is -2.31. The largest absolute Gasteiger partial charge is 0.334 e. The molecule has 2 rings (SSSR count). The van der Waals surface area contributed by atoms with E-state index in [2.05, 4.69) is 15.8 Å². The molecule has 0 bridgehead atoms. The van der Waals surface area contributed by atoms with E-state index >= 15 is 0 Å². The second-order valence-corrected chi connectivity index (χ2v) is 3.08. The van der Waals surface area contributed by atoms with E-state index in [1.807, 2.05) is 0 Å². The van der Waals surface area contributed by atoms with Gasteiger partial charge in [-0.2, -0.15) is 0 Å². The number of carbonyl (C=O) groups excluding carboxylic acids is 1. The lowest BCUT2D eigenvalue weighted by Gasteiger charge is -2.03. The zero-order valence-electron chi connectivity index (χ0n) is 7.41. The number of fused-ring (bicyclic) bond motifs is 1. The van der Waals surface area contributed by atoms with Crippen molar-refractivity contribution in [3.05, 3.63) is 34.2 Å². The zero-order chi connectivity index (χ0) is 9.97. The summed E-state index contributed by atoms with van der Waals surface area (Å²) in [6.45, 7) is 0.921. The molecule has 1 aromatic rings. The third-order valence-corrected chi connectivity index (χ3v) is 2.17. The Labute approximate surface area is 80.5 Å². The molecule has 1 aliphatic rings. The molecule has 5 heteroatoms. The van der Waals surface area contributed by atoms with Crippen LogP contribution < -0.4 is 10.6 Å². The van der Waals surface area contributed by atoms with E-state index in [1.54, 1.807) is 18.2 Å². The van der Waals surface area contributed by atoms with Gasteiger partial charge >= 0.3 is 6.03 Å². The van der Waals surface area contributed by atoms with Gasteiger partial charge in [-0.1, -0.05) is 6.07 Å². The Hall–Kier alpha value is -1.91. The molecule has 0 saturated heterocycles. The van der Waals surface area contributed by atoms with E-state index in [1.165, 1.54) is 0 Å². The van der Waals surface area contributed by atoms with Crippen molar-refractivity contribution in [3.63, 3.8) is 0 Å². The van der Waals surface area contributed by atoms with Crippen molar-refractivity contribution < 1.29 is 4.79 Å². The lowest BCUT2D eigenvalue weighted by molar-refractivity contribution is 0.241. The molecule has 0 aliphatic carbocycles. The number of nitroso groups, excluding NO2 is 1. The van der Waals surface area contributed by atoms with Crippen LogP contribution in [0.1, 0.15) is 11.1 Å². The summed E-state index contributed by atoms with van der Waals surface area (Å²) in [4.78, 5) is 21.3. The number of rotatable bonds is 1. The van der Waals surface area contributed by atoms with Crippen LogP contribution in [0.25, 0.3) is 0 Å². The Morgan fingerprint density at radius 1 is 1.14 bits per heavy atom. The van der Waals surface area contributed by atoms with Crippen molar-refractivity contribution in [1.29, 1.82) is 0 Å². The van der Waals surface area contributed by atoms with Gasteiger partial charge in [0.1, 0.15) is 5.69 Å². The first kappa shape index (κ1) is 8.68. The number of carbonyl (C=O) groups is 1. The van der Waals surface area contributed by atoms with Crippen LogP contribution >= 0.6 is 0 Å². The molecule has 0 atom stereocenters. The highest BCUT2D eigenvalue weighted by molar-refractivity contribution is 5.74. The number of hydrogen-bond acceptors (Lipinski definition) is 3. The SMILES string of the molecule is O=Nc1ccc2c(c1)CNC(=O)NC2. The predicted molar refractivity (Wildman–Crippen MR) is 51.0 cm³/mol. The molecule has 72 valence electrons. The lowest BCUT2D eigenvalue weighted by atomic mass is 10.1. The quantitative estimate of drug-likeness (QED) is 0.658. The summed E-state index contributed by atoms with van der Waals surface area (Å²) in [5.74, 6) is 0. The summed E-state index contributed by atoms with van der Waals surface area (Å²) in [5, 5.41) is 8.18. The fraction of sp³-hybridized carbons (Fsp3) is 0.222. The van der Waals surface area contributed by atoms with Crippen LogP contribution in [-0.2, 0) is 13.1 Å². The van der Waals surface area contributed by atoms with Crippen molar-refractivity contribution in [2.75, 3.05) is 0 Å². The van der Waals surface area contributed by atoms with Gasteiger partial charge < -0.3 is 10.6 Å². The molecule has 1 heterocycles. The van der Waals surface area contributed by atoms with Crippen LogP contribution in [0.3, 0.4) is 0 Å². The minimum Gasteiger partial charge on any atom is -0.334 e. The molecule has 0 unspecified atom stereocenters. The van der Waals surface area contributed by atoms with Gasteiger partial charge in [0, 0.05) is 13.1 Å². The summed E-state index contributed by atoms with van der Waals surface area (Å²) in [6.07, 6.45) is 0. The van der Waals surface area contributed by atoms with Gasteiger partial charge in [-0.25, -0.2) is 4.79 Å². The van der Waals surface area contributed by atoms with Gasteiger partial charge in [0.25, 0.3) is 0 Å². The molecule has 1 aromatic carbocycles. The minimum atomic E-state index is -0.193. The molecule has 2 amide bonds. The van der Waals surface area contributed by atoms with E-state index in [0.29, 0.717) is 18.8 Å². The smallest absolute Gasteiger partial charge is 0.315 e. The summed E-state index contributed by atoms with van der Waals surface area (Å²) in [5.41, 5.74) is 2.33. The van der Waals surface area contributed by atoms with E-state index in [9.17, 15) is 9.70 Å². The number of nitrogens with zero attached hydrogens (tertiary/aromatic N) is 1. The number of nitrogens with one attached hydrogen (secondary N) is 2. The average molecular weight is 191 g/mol. The Balaban J connectivity index is 2.36. The fourth-order valence-corrected chi connectivity index (χ4v) is 1.42. The molecule has 0 saturated carbocycles. The third-order valence-electron chi connectivity index (χ3n) is 2.17. The van der Waals surface area contributed by atoms with Gasteiger partial charge in [-0.15, -0.1) is 4.91 Å². The maximum absolute atomic E-state index is 11.0. The number of hydrogen-bond donors (Lipinski definition) is 2. The van der Waals surface area contributed by atoms with Crippen LogP contribution in [0.2, 0.25) is 0 Å². The molecule has 14 heavy (non-hydrogen) atoms. The topological polar surface area (TPSA) is 70.6 Å². The molecule has 1 aliphatic heterocycles. The molecular formula is C9H9N3O2. The number of amides is 2. The molecule has 0 radical (unpaired) electrons. The fourth-order valence-electron chi connectivity index (χ4n) is 1.42. The summed E-state index contributed by atoms with van der Waals surface area (Å²) < 4.78 is 0. The highest BCUT2D eigenvalue weighted by Gasteiger charge is 2.11. The van der Waals surface area contributed by atoms with Crippen molar-refractivity contribution in [1.82, 2.24) is 10.6 Å². The molecule has 5 nitrogen and oxygen atoms in total. The third kappa shape index (κ3) is 1.56. The monoisotopic (exact) mass is 191 g/mol. The van der Waals surface area contributed by atoms with Crippen LogP contribution in [0.5, 0.6) is 0 Å². The van der Waals surface area contributed by atoms with E-state index in [4.69, 9.17) is 0 Å². The maximum Gasteiger partial charge on any atom is 0.315 e. The van der Waals surface area contributed by atoms with Gasteiger partial charge in [0.05, 0.1) is 0 Å². The van der Waals surface area contributed by atoms with Gasteiger partial charge in [0.15, 0.2) is 0 Å². The first-order chi connectivity index (χ1) is 6.79. The first-order valence-electron chi connectivity index (χ1n) is 4.26. The normalized spacial score (nSPS) is 14.7. The van der Waals surface area contributed by atoms with Crippen molar-refractivity contribution in [3.8, 4) is 0 Å². The summed E-state index contributed by atoms with van der Waals surface area (Å²) in [7, 11) is 0. The molecule has 0 aromatic heterocycles.